The first-order valence-electron chi connectivity index (χ1n) is 7.04. The molecule has 0 aromatic heterocycles. The zero-order valence-electron chi connectivity index (χ0n) is 11.7. The van der Waals surface area contributed by atoms with Crippen LogP contribution in [0.2, 0.25) is 0 Å². The summed E-state index contributed by atoms with van der Waals surface area (Å²) in [5.74, 6) is 0.0275. The predicted molar refractivity (Wildman–Crippen MR) is 83.8 cm³/mol. The second-order valence-electron chi connectivity index (χ2n) is 5.20. The third-order valence-corrected chi connectivity index (χ3v) is 3.87. The van der Waals surface area contributed by atoms with Crippen molar-refractivity contribution in [3.8, 4) is 0 Å². The fourth-order valence-electron chi connectivity index (χ4n) is 2.23. The highest BCUT2D eigenvalue weighted by atomic mass is 79.9. The van der Waals surface area contributed by atoms with Crippen LogP contribution in [0.1, 0.15) is 26.2 Å². The third-order valence-electron chi connectivity index (χ3n) is 3.34. The number of rotatable bonds is 6. The topological polar surface area (TPSA) is 50.4 Å². The van der Waals surface area contributed by atoms with Crippen molar-refractivity contribution in [2.75, 3.05) is 18.5 Å². The Morgan fingerprint density at radius 1 is 1.45 bits per heavy atom. The van der Waals surface area contributed by atoms with Crippen molar-refractivity contribution in [1.29, 1.82) is 0 Å². The lowest BCUT2D eigenvalue weighted by Crippen LogP contribution is -2.35. The first kappa shape index (κ1) is 15.5. The molecule has 0 aliphatic carbocycles. The molecule has 2 atom stereocenters. The molecule has 1 heterocycles. The second kappa shape index (κ2) is 7.76. The highest BCUT2D eigenvalue weighted by Gasteiger charge is 2.16. The van der Waals surface area contributed by atoms with Gasteiger partial charge < -0.3 is 15.4 Å². The molecule has 0 radical (unpaired) electrons. The number of amides is 1. The molecule has 4 nitrogen and oxygen atoms in total. The summed E-state index contributed by atoms with van der Waals surface area (Å²) in [6, 6.07) is 7.73. The Kier molecular flexibility index (Phi) is 6.01. The summed E-state index contributed by atoms with van der Waals surface area (Å²) in [7, 11) is 0. The van der Waals surface area contributed by atoms with E-state index in [2.05, 4.69) is 26.6 Å². The summed E-state index contributed by atoms with van der Waals surface area (Å²) < 4.78 is 6.55. The molecule has 1 aromatic carbocycles. The smallest absolute Gasteiger partial charge is 0.225 e. The van der Waals surface area contributed by atoms with E-state index in [1.54, 1.807) is 0 Å². The predicted octanol–water partition coefficient (Wildman–Crippen LogP) is 2.93. The minimum Gasteiger partial charge on any atom is -0.377 e. The average molecular weight is 341 g/mol. The highest BCUT2D eigenvalue weighted by Crippen LogP contribution is 2.14. The quantitative estimate of drug-likeness (QED) is 0.837. The number of hydrogen-bond acceptors (Lipinski definition) is 3. The van der Waals surface area contributed by atoms with E-state index in [0.29, 0.717) is 12.5 Å². The van der Waals surface area contributed by atoms with Crippen LogP contribution in [0.3, 0.4) is 0 Å². The van der Waals surface area contributed by atoms with Gasteiger partial charge in [0.2, 0.25) is 5.91 Å². The van der Waals surface area contributed by atoms with Crippen molar-refractivity contribution in [3.63, 3.8) is 0 Å². The van der Waals surface area contributed by atoms with Gasteiger partial charge in [0.05, 0.1) is 6.10 Å². The number of halogens is 1. The number of benzene rings is 1. The zero-order chi connectivity index (χ0) is 14.4. The number of carbonyl (C=O) groups is 1. The van der Waals surface area contributed by atoms with Gasteiger partial charge in [-0.25, -0.2) is 0 Å². The van der Waals surface area contributed by atoms with Crippen molar-refractivity contribution in [2.45, 2.75) is 38.3 Å². The Morgan fingerprint density at radius 3 is 2.85 bits per heavy atom. The van der Waals surface area contributed by atoms with E-state index in [1.807, 2.05) is 31.2 Å². The Labute approximate surface area is 128 Å². The molecule has 1 amide bonds. The van der Waals surface area contributed by atoms with Gasteiger partial charge in [-0.05, 0) is 44.0 Å². The van der Waals surface area contributed by atoms with E-state index in [1.165, 1.54) is 0 Å². The van der Waals surface area contributed by atoms with Crippen molar-refractivity contribution < 1.29 is 9.53 Å². The standard InChI is InChI=1S/C15H21BrN2O2/c1-11(17-10-14-3-2-8-20-14)9-15(19)18-13-6-4-12(16)5-7-13/h4-7,11,14,17H,2-3,8-10H2,1H3,(H,18,19). The van der Waals surface area contributed by atoms with Gasteiger partial charge in [0, 0.05) is 35.8 Å². The maximum atomic E-state index is 11.9. The largest absolute Gasteiger partial charge is 0.377 e. The Balaban J connectivity index is 1.68. The van der Waals surface area contributed by atoms with Gasteiger partial charge >= 0.3 is 0 Å². The lowest BCUT2D eigenvalue weighted by Gasteiger charge is -2.16. The molecule has 110 valence electrons. The summed E-state index contributed by atoms with van der Waals surface area (Å²) in [5.41, 5.74) is 0.824. The molecule has 0 bridgehead atoms. The number of ether oxygens (including phenoxy) is 1. The maximum absolute atomic E-state index is 11.9. The number of hydrogen-bond donors (Lipinski definition) is 2. The summed E-state index contributed by atoms with van der Waals surface area (Å²) >= 11 is 3.37. The number of nitrogens with one attached hydrogen (secondary N) is 2. The van der Waals surface area contributed by atoms with Crippen LogP contribution in [-0.4, -0.2) is 31.2 Å². The van der Waals surface area contributed by atoms with Crippen molar-refractivity contribution in [1.82, 2.24) is 5.32 Å². The normalized spacial score (nSPS) is 19.8. The molecular weight excluding hydrogens is 320 g/mol. The van der Waals surface area contributed by atoms with Gasteiger partial charge in [-0.15, -0.1) is 0 Å². The molecule has 5 heteroatoms. The molecule has 2 unspecified atom stereocenters. The molecule has 0 spiro atoms. The van der Waals surface area contributed by atoms with Crippen LogP contribution in [0, 0.1) is 0 Å². The first-order valence-corrected chi connectivity index (χ1v) is 7.83. The minimum atomic E-state index is 0.0275. The highest BCUT2D eigenvalue weighted by molar-refractivity contribution is 9.10. The van der Waals surface area contributed by atoms with Gasteiger partial charge in [0.15, 0.2) is 0 Å². The molecule has 1 saturated heterocycles. The third kappa shape index (κ3) is 5.23. The van der Waals surface area contributed by atoms with Gasteiger partial charge in [0.1, 0.15) is 0 Å². The zero-order valence-corrected chi connectivity index (χ0v) is 13.3. The molecular formula is C15H21BrN2O2. The molecule has 1 aliphatic rings. The van der Waals surface area contributed by atoms with Crippen LogP contribution in [0.15, 0.2) is 28.7 Å². The van der Waals surface area contributed by atoms with Gasteiger partial charge in [-0.3, -0.25) is 4.79 Å². The summed E-state index contributed by atoms with van der Waals surface area (Å²) in [5, 5.41) is 6.25. The molecule has 2 rings (SSSR count). The summed E-state index contributed by atoms with van der Waals surface area (Å²) in [4.78, 5) is 11.9. The Bertz CT molecular complexity index is 430. The van der Waals surface area contributed by atoms with Crippen LogP contribution >= 0.6 is 15.9 Å². The lowest BCUT2D eigenvalue weighted by molar-refractivity contribution is -0.116. The molecule has 1 aromatic rings. The monoisotopic (exact) mass is 340 g/mol. The minimum absolute atomic E-state index is 0.0275. The number of anilines is 1. The van der Waals surface area contributed by atoms with E-state index in [4.69, 9.17) is 4.74 Å². The van der Waals surface area contributed by atoms with Crippen molar-refractivity contribution in [2.24, 2.45) is 0 Å². The summed E-state index contributed by atoms with van der Waals surface area (Å²) in [6.45, 7) is 3.72. The van der Waals surface area contributed by atoms with E-state index < -0.39 is 0 Å². The van der Waals surface area contributed by atoms with E-state index in [9.17, 15) is 4.79 Å². The summed E-state index contributed by atoms with van der Waals surface area (Å²) in [6.07, 6.45) is 3.03. The molecule has 0 saturated carbocycles. The molecule has 1 fully saturated rings. The number of carbonyl (C=O) groups excluding carboxylic acids is 1. The van der Waals surface area contributed by atoms with E-state index in [0.717, 1.165) is 36.2 Å². The lowest BCUT2D eigenvalue weighted by atomic mass is 10.2. The van der Waals surface area contributed by atoms with Crippen LogP contribution in [-0.2, 0) is 9.53 Å². The molecule has 2 N–H and O–H groups in total. The first-order chi connectivity index (χ1) is 9.63. The average Bonchev–Trinajstić information content (AvgIpc) is 2.92. The van der Waals surface area contributed by atoms with Gasteiger partial charge in [-0.1, -0.05) is 15.9 Å². The van der Waals surface area contributed by atoms with Crippen molar-refractivity contribution >= 4 is 27.5 Å². The second-order valence-corrected chi connectivity index (χ2v) is 6.12. The van der Waals surface area contributed by atoms with Gasteiger partial charge in [0.25, 0.3) is 0 Å². The fraction of sp³-hybridized carbons (Fsp3) is 0.533. The van der Waals surface area contributed by atoms with E-state index in [-0.39, 0.29) is 11.9 Å². The Hall–Kier alpha value is -0.910. The van der Waals surface area contributed by atoms with Crippen molar-refractivity contribution in [3.05, 3.63) is 28.7 Å². The van der Waals surface area contributed by atoms with Gasteiger partial charge in [-0.2, -0.15) is 0 Å². The van der Waals surface area contributed by atoms with E-state index >= 15 is 0 Å². The van der Waals surface area contributed by atoms with Crippen LogP contribution < -0.4 is 10.6 Å². The maximum Gasteiger partial charge on any atom is 0.225 e. The fourth-order valence-corrected chi connectivity index (χ4v) is 2.50. The van der Waals surface area contributed by atoms with Crippen LogP contribution in [0.25, 0.3) is 0 Å². The SMILES string of the molecule is CC(CC(=O)Nc1ccc(Br)cc1)NCC1CCCO1. The van der Waals surface area contributed by atoms with Crippen LogP contribution in [0.4, 0.5) is 5.69 Å². The van der Waals surface area contributed by atoms with Crippen LogP contribution in [0.5, 0.6) is 0 Å². The Morgan fingerprint density at radius 2 is 2.20 bits per heavy atom. The molecule has 1 aliphatic heterocycles. The molecule has 20 heavy (non-hydrogen) atoms.